The first-order chi connectivity index (χ1) is 8.70. The minimum absolute atomic E-state index is 0.307. The van der Waals surface area contributed by atoms with E-state index in [9.17, 15) is 4.79 Å². The van der Waals surface area contributed by atoms with Crippen molar-refractivity contribution in [2.45, 2.75) is 0 Å². The van der Waals surface area contributed by atoms with E-state index in [-0.39, 0.29) is 5.91 Å². The fraction of sp³-hybridized carbons (Fsp3) is 0. The number of nitrogens with one attached hydrogen (secondary N) is 1. The summed E-state index contributed by atoms with van der Waals surface area (Å²) in [6, 6.07) is 12.2. The number of aromatic nitrogens is 1. The van der Waals surface area contributed by atoms with Crippen molar-refractivity contribution in [3.05, 3.63) is 58.3 Å². The maximum Gasteiger partial charge on any atom is 0.274 e. The molecule has 2 aromatic rings. The molecule has 0 unspecified atom stereocenters. The first-order valence-electron chi connectivity index (χ1n) is 5.13. The van der Waals surface area contributed by atoms with Crippen LogP contribution in [0.15, 0.2) is 47.1 Å². The summed E-state index contributed by atoms with van der Waals surface area (Å²) < 4.78 is 0.790. The van der Waals surface area contributed by atoms with E-state index >= 15 is 0 Å². The minimum Gasteiger partial charge on any atom is -0.319 e. The van der Waals surface area contributed by atoms with E-state index in [2.05, 4.69) is 26.2 Å². The number of benzene rings is 1. The summed E-state index contributed by atoms with van der Waals surface area (Å²) in [6.45, 7) is 0. The van der Waals surface area contributed by atoms with Crippen LogP contribution >= 0.6 is 15.9 Å². The Bertz CT molecular complexity index is 620. The van der Waals surface area contributed by atoms with Crippen molar-refractivity contribution >= 4 is 27.5 Å². The molecule has 4 nitrogen and oxygen atoms in total. The molecule has 2 rings (SSSR count). The zero-order chi connectivity index (χ0) is 13.0. The molecule has 0 aliphatic heterocycles. The monoisotopic (exact) mass is 301 g/mol. The van der Waals surface area contributed by atoms with Crippen LogP contribution in [-0.2, 0) is 0 Å². The number of halogens is 1. The molecule has 0 spiro atoms. The molecule has 0 saturated carbocycles. The average molecular weight is 302 g/mol. The summed E-state index contributed by atoms with van der Waals surface area (Å²) in [5.41, 5.74) is 1.17. The highest BCUT2D eigenvalue weighted by Crippen LogP contribution is 2.21. The molecule has 0 atom stereocenters. The molecule has 0 aliphatic rings. The lowest BCUT2D eigenvalue weighted by Gasteiger charge is -2.06. The van der Waals surface area contributed by atoms with Gasteiger partial charge in [0.05, 0.1) is 11.3 Å². The molecule has 0 aliphatic carbocycles. The highest BCUT2D eigenvalue weighted by molar-refractivity contribution is 9.10. The summed E-state index contributed by atoms with van der Waals surface area (Å²) in [5.74, 6) is -0.342. The smallest absolute Gasteiger partial charge is 0.274 e. The van der Waals surface area contributed by atoms with Gasteiger partial charge in [-0.25, -0.2) is 0 Å². The fourth-order valence-electron chi connectivity index (χ4n) is 1.40. The van der Waals surface area contributed by atoms with Crippen molar-refractivity contribution < 1.29 is 4.79 Å². The van der Waals surface area contributed by atoms with Crippen LogP contribution in [0.2, 0.25) is 0 Å². The average Bonchev–Trinajstić information content (AvgIpc) is 2.40. The van der Waals surface area contributed by atoms with Crippen LogP contribution in [0.3, 0.4) is 0 Å². The Morgan fingerprint density at radius 3 is 2.83 bits per heavy atom. The first kappa shape index (κ1) is 12.3. The van der Waals surface area contributed by atoms with Gasteiger partial charge < -0.3 is 5.32 Å². The Kier molecular flexibility index (Phi) is 3.70. The number of pyridine rings is 1. The Morgan fingerprint density at radius 1 is 1.33 bits per heavy atom. The molecule has 18 heavy (non-hydrogen) atoms. The number of nitriles is 1. The molecule has 0 fully saturated rings. The van der Waals surface area contributed by atoms with Gasteiger partial charge in [0.15, 0.2) is 0 Å². The van der Waals surface area contributed by atoms with Gasteiger partial charge in [-0.2, -0.15) is 5.26 Å². The third kappa shape index (κ3) is 2.73. The molecule has 1 amide bonds. The number of amides is 1. The van der Waals surface area contributed by atoms with Gasteiger partial charge in [-0.3, -0.25) is 9.78 Å². The van der Waals surface area contributed by atoms with Gasteiger partial charge in [0.2, 0.25) is 0 Å². The number of hydrogen-bond acceptors (Lipinski definition) is 3. The number of carbonyl (C=O) groups excluding carboxylic acids is 1. The van der Waals surface area contributed by atoms with Crippen molar-refractivity contribution in [1.29, 1.82) is 5.26 Å². The van der Waals surface area contributed by atoms with Gasteiger partial charge in [0.1, 0.15) is 11.8 Å². The fourth-order valence-corrected chi connectivity index (χ4v) is 1.76. The van der Waals surface area contributed by atoms with Crippen LogP contribution in [0.1, 0.15) is 16.1 Å². The third-order valence-electron chi connectivity index (χ3n) is 2.25. The molecule has 0 bridgehead atoms. The second-order valence-corrected chi connectivity index (χ2v) is 4.39. The van der Waals surface area contributed by atoms with Gasteiger partial charge in [-0.1, -0.05) is 22.0 Å². The lowest BCUT2D eigenvalue weighted by Crippen LogP contribution is -2.14. The lowest BCUT2D eigenvalue weighted by atomic mass is 10.2. The highest BCUT2D eigenvalue weighted by Gasteiger charge is 2.10. The molecule has 1 aromatic heterocycles. The van der Waals surface area contributed by atoms with Crippen molar-refractivity contribution in [2.24, 2.45) is 0 Å². The van der Waals surface area contributed by atoms with Crippen LogP contribution < -0.4 is 5.32 Å². The minimum atomic E-state index is -0.342. The zero-order valence-electron chi connectivity index (χ0n) is 9.22. The molecule has 88 valence electrons. The number of carbonyl (C=O) groups is 1. The van der Waals surface area contributed by atoms with Gasteiger partial charge in [-0.05, 0) is 30.3 Å². The summed E-state index contributed by atoms with van der Waals surface area (Å²) in [6.07, 6.45) is 1.54. The normalized spacial score (nSPS) is 9.56. The molecule has 1 heterocycles. The van der Waals surface area contributed by atoms with Gasteiger partial charge in [0.25, 0.3) is 5.91 Å². The Balaban J connectivity index is 2.28. The van der Waals surface area contributed by atoms with Crippen molar-refractivity contribution in [2.75, 3.05) is 5.32 Å². The van der Waals surface area contributed by atoms with E-state index in [1.807, 2.05) is 6.07 Å². The topological polar surface area (TPSA) is 65.8 Å². The maximum absolute atomic E-state index is 11.9. The molecular formula is C13H8BrN3O. The lowest BCUT2D eigenvalue weighted by molar-refractivity contribution is 0.102. The molecule has 0 saturated heterocycles. The number of hydrogen-bond donors (Lipinski definition) is 1. The molecule has 5 heteroatoms. The maximum atomic E-state index is 11.9. The first-order valence-corrected chi connectivity index (χ1v) is 5.92. The van der Waals surface area contributed by atoms with E-state index in [1.165, 1.54) is 0 Å². The molecular weight excluding hydrogens is 294 g/mol. The van der Waals surface area contributed by atoms with E-state index < -0.39 is 0 Å². The predicted octanol–water partition coefficient (Wildman–Crippen LogP) is 2.97. The Hall–Kier alpha value is -2.19. The van der Waals surface area contributed by atoms with Crippen LogP contribution in [0.5, 0.6) is 0 Å². The third-order valence-corrected chi connectivity index (χ3v) is 2.74. The highest BCUT2D eigenvalue weighted by atomic mass is 79.9. The van der Waals surface area contributed by atoms with Crippen LogP contribution in [0.4, 0.5) is 5.69 Å². The Morgan fingerprint density at radius 2 is 2.17 bits per heavy atom. The van der Waals surface area contributed by atoms with Crippen LogP contribution in [0.25, 0.3) is 0 Å². The molecule has 1 aromatic carbocycles. The van der Waals surface area contributed by atoms with Crippen molar-refractivity contribution in [1.82, 2.24) is 4.98 Å². The Labute approximate surface area is 112 Å². The van der Waals surface area contributed by atoms with Crippen molar-refractivity contribution in [3.8, 4) is 6.07 Å². The summed E-state index contributed by atoms with van der Waals surface area (Å²) in [5, 5.41) is 11.6. The van der Waals surface area contributed by atoms with Crippen LogP contribution in [0, 0.1) is 11.3 Å². The standard InChI is InChI=1S/C13H8BrN3O/c14-10-5-4-9(8-15)12(7-10)17-13(18)11-3-1-2-6-16-11/h1-7H,(H,17,18). The summed E-state index contributed by atoms with van der Waals surface area (Å²) in [4.78, 5) is 15.8. The van der Waals surface area contributed by atoms with Gasteiger partial charge in [-0.15, -0.1) is 0 Å². The second kappa shape index (κ2) is 5.43. The number of nitrogens with zero attached hydrogens (tertiary/aromatic N) is 2. The van der Waals surface area contributed by atoms with Crippen molar-refractivity contribution in [3.63, 3.8) is 0 Å². The number of anilines is 1. The molecule has 1 N–H and O–H groups in total. The summed E-state index contributed by atoms with van der Waals surface area (Å²) >= 11 is 3.30. The van der Waals surface area contributed by atoms with Crippen LogP contribution in [-0.4, -0.2) is 10.9 Å². The largest absolute Gasteiger partial charge is 0.319 e. The molecule has 0 radical (unpaired) electrons. The number of rotatable bonds is 2. The van der Waals surface area contributed by atoms with Gasteiger partial charge >= 0.3 is 0 Å². The van der Waals surface area contributed by atoms with E-state index in [0.717, 1.165) is 4.47 Å². The quantitative estimate of drug-likeness (QED) is 0.927. The van der Waals surface area contributed by atoms with E-state index in [1.54, 1.807) is 42.6 Å². The summed E-state index contributed by atoms with van der Waals surface area (Å²) in [7, 11) is 0. The SMILES string of the molecule is N#Cc1ccc(Br)cc1NC(=O)c1ccccn1. The second-order valence-electron chi connectivity index (χ2n) is 3.47. The predicted molar refractivity (Wildman–Crippen MR) is 71.0 cm³/mol. The van der Waals surface area contributed by atoms with E-state index in [4.69, 9.17) is 5.26 Å². The van der Waals surface area contributed by atoms with E-state index in [0.29, 0.717) is 16.9 Å². The zero-order valence-corrected chi connectivity index (χ0v) is 10.8. The van der Waals surface area contributed by atoms with Gasteiger partial charge in [0, 0.05) is 10.7 Å².